The van der Waals surface area contributed by atoms with Crippen LogP contribution in [0.15, 0.2) is 60.8 Å². The zero-order chi connectivity index (χ0) is 23.2. The number of nitrogens with zero attached hydrogens (tertiary/aromatic N) is 5. The molecule has 0 spiro atoms. The van der Waals surface area contributed by atoms with E-state index in [2.05, 4.69) is 25.6 Å². The van der Waals surface area contributed by atoms with Crippen LogP contribution >= 0.6 is 0 Å². The van der Waals surface area contributed by atoms with Crippen LogP contribution in [0.3, 0.4) is 0 Å². The molecule has 2 heterocycles. The van der Waals surface area contributed by atoms with Crippen LogP contribution in [-0.4, -0.2) is 37.5 Å². The highest BCUT2D eigenvalue weighted by Gasteiger charge is 2.19. The van der Waals surface area contributed by atoms with Crippen molar-refractivity contribution in [2.75, 3.05) is 11.9 Å². The number of halogens is 1. The molecule has 2 aromatic heterocycles. The summed E-state index contributed by atoms with van der Waals surface area (Å²) in [5.41, 5.74) is 2.87. The first kappa shape index (κ1) is 22.0. The van der Waals surface area contributed by atoms with Gasteiger partial charge in [0.05, 0.1) is 5.69 Å². The van der Waals surface area contributed by atoms with Gasteiger partial charge in [0.2, 0.25) is 5.91 Å². The lowest BCUT2D eigenvalue weighted by Gasteiger charge is -2.10. The van der Waals surface area contributed by atoms with Gasteiger partial charge in [-0.1, -0.05) is 11.3 Å². The maximum absolute atomic E-state index is 13.4. The standard InChI is InChI=1S/C23H21FN6O3/c1-3-32-14-30-22(21(28-29-30)16-7-9-17(24)10-8-16)20-11-12-25-23(27-20)33-19-6-4-5-18(13-19)26-15(2)31/h4-13H,3,14H2,1-2H3,(H,26,31). The van der Waals surface area contributed by atoms with Crippen molar-refractivity contribution in [1.29, 1.82) is 0 Å². The van der Waals surface area contributed by atoms with Crippen molar-refractivity contribution in [2.45, 2.75) is 20.6 Å². The Morgan fingerprint density at radius 2 is 1.97 bits per heavy atom. The third-order valence-electron chi connectivity index (χ3n) is 4.51. The summed E-state index contributed by atoms with van der Waals surface area (Å²) < 4.78 is 26.3. The molecule has 0 aliphatic rings. The van der Waals surface area contributed by atoms with E-state index < -0.39 is 0 Å². The number of amides is 1. The Morgan fingerprint density at radius 3 is 2.73 bits per heavy atom. The minimum atomic E-state index is -0.346. The molecule has 0 saturated carbocycles. The number of carbonyl (C=O) groups is 1. The first-order chi connectivity index (χ1) is 16.0. The third-order valence-corrected chi connectivity index (χ3v) is 4.51. The Morgan fingerprint density at radius 1 is 1.15 bits per heavy atom. The normalized spacial score (nSPS) is 10.8. The van der Waals surface area contributed by atoms with E-state index in [1.165, 1.54) is 19.1 Å². The Bertz CT molecular complexity index is 1260. The number of rotatable bonds is 8. The minimum Gasteiger partial charge on any atom is -0.424 e. The van der Waals surface area contributed by atoms with Crippen LogP contribution in [0.25, 0.3) is 22.6 Å². The van der Waals surface area contributed by atoms with Crippen molar-refractivity contribution in [3.8, 4) is 34.4 Å². The Labute approximate surface area is 189 Å². The smallest absolute Gasteiger partial charge is 0.322 e. The summed E-state index contributed by atoms with van der Waals surface area (Å²) >= 11 is 0. The van der Waals surface area contributed by atoms with E-state index in [-0.39, 0.29) is 24.5 Å². The van der Waals surface area contributed by atoms with Crippen molar-refractivity contribution in [3.05, 3.63) is 66.6 Å². The monoisotopic (exact) mass is 448 g/mol. The van der Waals surface area contributed by atoms with Crippen LogP contribution in [0.1, 0.15) is 13.8 Å². The molecule has 0 saturated heterocycles. The summed E-state index contributed by atoms with van der Waals surface area (Å²) in [6.07, 6.45) is 1.56. The second kappa shape index (κ2) is 9.96. The molecule has 0 aliphatic heterocycles. The van der Waals surface area contributed by atoms with Gasteiger partial charge in [0.1, 0.15) is 29.7 Å². The summed E-state index contributed by atoms with van der Waals surface area (Å²) in [7, 11) is 0. The van der Waals surface area contributed by atoms with E-state index in [9.17, 15) is 9.18 Å². The summed E-state index contributed by atoms with van der Waals surface area (Å²) in [6.45, 7) is 3.97. The summed E-state index contributed by atoms with van der Waals surface area (Å²) in [5.74, 6) is -0.0758. The highest BCUT2D eigenvalue weighted by atomic mass is 19.1. The highest BCUT2D eigenvalue weighted by Crippen LogP contribution is 2.31. The van der Waals surface area contributed by atoms with Gasteiger partial charge in [-0.25, -0.2) is 14.1 Å². The van der Waals surface area contributed by atoms with E-state index >= 15 is 0 Å². The first-order valence-corrected chi connectivity index (χ1v) is 10.2. The number of carbonyl (C=O) groups excluding carboxylic acids is 1. The van der Waals surface area contributed by atoms with Crippen molar-refractivity contribution in [1.82, 2.24) is 25.0 Å². The van der Waals surface area contributed by atoms with E-state index in [4.69, 9.17) is 9.47 Å². The lowest BCUT2D eigenvalue weighted by molar-refractivity contribution is -0.114. The Kier molecular flexibility index (Phi) is 6.65. The number of anilines is 1. The van der Waals surface area contributed by atoms with E-state index in [0.717, 1.165) is 0 Å². The molecular formula is C23H21FN6O3. The van der Waals surface area contributed by atoms with Crippen LogP contribution < -0.4 is 10.1 Å². The first-order valence-electron chi connectivity index (χ1n) is 10.2. The molecule has 0 fully saturated rings. The Balaban J connectivity index is 1.69. The van der Waals surface area contributed by atoms with Crippen molar-refractivity contribution in [2.24, 2.45) is 0 Å². The molecule has 1 amide bonds. The summed E-state index contributed by atoms with van der Waals surface area (Å²) in [6, 6.07) is 14.7. The molecule has 0 radical (unpaired) electrons. The number of aromatic nitrogens is 5. The van der Waals surface area contributed by atoms with Gasteiger partial charge in [-0.05, 0) is 49.4 Å². The van der Waals surface area contributed by atoms with E-state index in [1.54, 1.807) is 53.3 Å². The third kappa shape index (κ3) is 5.36. The molecule has 4 aromatic rings. The van der Waals surface area contributed by atoms with Gasteiger partial charge in [-0.15, -0.1) is 5.10 Å². The van der Waals surface area contributed by atoms with Crippen LogP contribution in [0, 0.1) is 5.82 Å². The van der Waals surface area contributed by atoms with Gasteiger partial charge in [0.15, 0.2) is 0 Å². The predicted molar refractivity (Wildman–Crippen MR) is 119 cm³/mol. The lowest BCUT2D eigenvalue weighted by atomic mass is 10.1. The second-order valence-corrected chi connectivity index (χ2v) is 6.95. The van der Waals surface area contributed by atoms with Gasteiger partial charge in [-0.3, -0.25) is 4.79 Å². The Hall–Kier alpha value is -4.18. The lowest BCUT2D eigenvalue weighted by Crippen LogP contribution is -2.07. The van der Waals surface area contributed by atoms with Crippen molar-refractivity contribution >= 4 is 11.6 Å². The molecule has 0 aliphatic carbocycles. The SMILES string of the molecule is CCOCn1nnc(-c2ccc(F)cc2)c1-c1ccnc(Oc2cccc(NC(C)=O)c2)n1. The molecule has 0 bridgehead atoms. The molecule has 0 atom stereocenters. The van der Waals surface area contributed by atoms with Gasteiger partial charge in [-0.2, -0.15) is 4.98 Å². The molecule has 1 N–H and O–H groups in total. The van der Waals surface area contributed by atoms with E-state index in [0.29, 0.717) is 40.7 Å². The van der Waals surface area contributed by atoms with Gasteiger partial charge >= 0.3 is 6.01 Å². The van der Waals surface area contributed by atoms with E-state index in [1.807, 2.05) is 6.92 Å². The molecule has 4 rings (SSSR count). The zero-order valence-electron chi connectivity index (χ0n) is 18.0. The molecule has 168 valence electrons. The maximum atomic E-state index is 13.4. The predicted octanol–water partition coefficient (Wildman–Crippen LogP) is 4.29. The average molecular weight is 448 g/mol. The molecular weight excluding hydrogens is 427 g/mol. The zero-order valence-corrected chi connectivity index (χ0v) is 18.0. The maximum Gasteiger partial charge on any atom is 0.322 e. The van der Waals surface area contributed by atoms with Crippen LogP contribution in [0.2, 0.25) is 0 Å². The fraction of sp³-hybridized carbons (Fsp3) is 0.174. The quantitative estimate of drug-likeness (QED) is 0.429. The van der Waals surface area contributed by atoms with Crippen LogP contribution in [0.4, 0.5) is 10.1 Å². The van der Waals surface area contributed by atoms with Gasteiger partial charge < -0.3 is 14.8 Å². The minimum absolute atomic E-state index is 0.0988. The molecule has 0 unspecified atom stereocenters. The molecule has 10 heteroatoms. The number of hydrogen-bond donors (Lipinski definition) is 1. The van der Waals surface area contributed by atoms with Crippen LogP contribution in [0.5, 0.6) is 11.8 Å². The number of nitrogens with one attached hydrogen (secondary N) is 1. The van der Waals surface area contributed by atoms with Gasteiger partial charge in [0.25, 0.3) is 0 Å². The summed E-state index contributed by atoms with van der Waals surface area (Å²) in [5, 5.41) is 11.2. The fourth-order valence-electron chi connectivity index (χ4n) is 3.10. The fourth-order valence-corrected chi connectivity index (χ4v) is 3.10. The summed E-state index contributed by atoms with van der Waals surface area (Å²) in [4.78, 5) is 20.0. The largest absolute Gasteiger partial charge is 0.424 e. The molecule has 9 nitrogen and oxygen atoms in total. The molecule has 33 heavy (non-hydrogen) atoms. The number of benzene rings is 2. The molecule has 2 aromatic carbocycles. The topological polar surface area (TPSA) is 104 Å². The average Bonchev–Trinajstić information content (AvgIpc) is 3.22. The second-order valence-electron chi connectivity index (χ2n) is 6.95. The number of ether oxygens (including phenoxy) is 2. The van der Waals surface area contributed by atoms with Crippen LogP contribution in [-0.2, 0) is 16.3 Å². The number of hydrogen-bond acceptors (Lipinski definition) is 7. The highest BCUT2D eigenvalue weighted by molar-refractivity contribution is 5.88. The van der Waals surface area contributed by atoms with Gasteiger partial charge in [0, 0.05) is 37.0 Å². The van der Waals surface area contributed by atoms with Crippen molar-refractivity contribution in [3.63, 3.8) is 0 Å². The van der Waals surface area contributed by atoms with Crippen molar-refractivity contribution < 1.29 is 18.7 Å².